The molecule has 90 valence electrons. The molecular formula is C12H13NO4. The highest BCUT2D eigenvalue weighted by Gasteiger charge is 2.10. The van der Waals surface area contributed by atoms with E-state index in [4.69, 9.17) is 9.47 Å². The summed E-state index contributed by atoms with van der Waals surface area (Å²) in [4.78, 5) is 15.5. The van der Waals surface area contributed by atoms with E-state index >= 15 is 0 Å². The number of rotatable bonds is 3. The maximum atomic E-state index is 10.9. The van der Waals surface area contributed by atoms with Gasteiger partial charge in [-0.1, -0.05) is 12.1 Å². The van der Waals surface area contributed by atoms with Crippen molar-refractivity contribution >= 4 is 12.2 Å². The molecule has 17 heavy (non-hydrogen) atoms. The average Bonchev–Trinajstić information content (AvgIpc) is 2.38. The summed E-state index contributed by atoms with van der Waals surface area (Å²) in [5.41, 5.74) is 0.790. The quantitative estimate of drug-likeness (QED) is 0.455. The zero-order valence-electron chi connectivity index (χ0n) is 9.51. The average molecular weight is 235 g/mol. The summed E-state index contributed by atoms with van der Waals surface area (Å²) in [7, 11) is 0. The van der Waals surface area contributed by atoms with Crippen molar-refractivity contribution in [3.63, 3.8) is 0 Å². The molecule has 0 fully saturated rings. The van der Waals surface area contributed by atoms with Gasteiger partial charge in [0, 0.05) is 12.0 Å². The first-order valence-electron chi connectivity index (χ1n) is 5.42. The van der Waals surface area contributed by atoms with Crippen LogP contribution < -0.4 is 9.47 Å². The largest absolute Gasteiger partial charge is 0.486 e. The molecule has 0 unspecified atom stereocenters. The minimum atomic E-state index is -0.362. The number of ether oxygens (including phenoxy) is 2. The number of carbonyl (C=O) groups excluding carboxylic acids is 1. The van der Waals surface area contributed by atoms with Crippen LogP contribution in [0.15, 0.2) is 23.4 Å². The van der Waals surface area contributed by atoms with Crippen molar-refractivity contribution in [2.45, 2.75) is 13.3 Å². The molecule has 0 atom stereocenters. The summed E-state index contributed by atoms with van der Waals surface area (Å²) in [6.07, 6.45) is 1.77. The Kier molecular flexibility index (Phi) is 3.59. The predicted octanol–water partition coefficient (Wildman–Crippen LogP) is 1.74. The highest BCUT2D eigenvalue weighted by Crippen LogP contribution is 2.30. The molecule has 0 spiro atoms. The monoisotopic (exact) mass is 235 g/mol. The van der Waals surface area contributed by atoms with Crippen LogP contribution in [0, 0.1) is 0 Å². The van der Waals surface area contributed by atoms with Crippen LogP contribution in [0.5, 0.6) is 11.5 Å². The molecule has 1 heterocycles. The van der Waals surface area contributed by atoms with Gasteiger partial charge in [0.15, 0.2) is 11.5 Å². The maximum absolute atomic E-state index is 10.9. The molecule has 0 saturated carbocycles. The Bertz CT molecular complexity index is 442. The molecule has 1 aliphatic heterocycles. The Hall–Kier alpha value is -2.04. The van der Waals surface area contributed by atoms with Crippen molar-refractivity contribution < 1.29 is 19.1 Å². The van der Waals surface area contributed by atoms with E-state index in [2.05, 4.69) is 9.99 Å². The van der Waals surface area contributed by atoms with Crippen molar-refractivity contribution in [2.75, 3.05) is 13.2 Å². The van der Waals surface area contributed by atoms with Gasteiger partial charge < -0.3 is 14.3 Å². The number of oxime groups is 1. The number of benzene rings is 1. The second kappa shape index (κ2) is 5.34. The van der Waals surface area contributed by atoms with E-state index in [0.717, 1.165) is 11.3 Å². The SMILES string of the molecule is CCC(=O)ON=Cc1ccc2c(c1)OCCO2. The Morgan fingerprint density at radius 3 is 2.94 bits per heavy atom. The van der Waals surface area contributed by atoms with Crippen molar-refractivity contribution in [1.82, 2.24) is 0 Å². The van der Waals surface area contributed by atoms with E-state index < -0.39 is 0 Å². The zero-order chi connectivity index (χ0) is 12.1. The number of hydrogen-bond donors (Lipinski definition) is 0. The van der Waals surface area contributed by atoms with Gasteiger partial charge in [-0.05, 0) is 18.2 Å². The fraction of sp³-hybridized carbons (Fsp3) is 0.333. The fourth-order valence-electron chi connectivity index (χ4n) is 1.35. The van der Waals surface area contributed by atoms with Crippen molar-refractivity contribution in [2.24, 2.45) is 5.16 Å². The van der Waals surface area contributed by atoms with E-state index in [1.54, 1.807) is 19.1 Å². The molecule has 0 N–H and O–H groups in total. The fourth-order valence-corrected chi connectivity index (χ4v) is 1.35. The van der Waals surface area contributed by atoms with Gasteiger partial charge in [-0.2, -0.15) is 0 Å². The molecule has 0 radical (unpaired) electrons. The molecule has 1 aromatic carbocycles. The topological polar surface area (TPSA) is 57.1 Å². The third-order valence-corrected chi connectivity index (χ3v) is 2.21. The highest BCUT2D eigenvalue weighted by atomic mass is 16.7. The molecule has 0 bridgehead atoms. The minimum Gasteiger partial charge on any atom is -0.486 e. The lowest BCUT2D eigenvalue weighted by Crippen LogP contribution is -2.15. The van der Waals surface area contributed by atoms with E-state index in [9.17, 15) is 4.79 Å². The first kappa shape index (κ1) is 11.4. The van der Waals surface area contributed by atoms with E-state index in [1.165, 1.54) is 6.21 Å². The molecular weight excluding hydrogens is 222 g/mol. The number of hydrogen-bond acceptors (Lipinski definition) is 5. The Balaban J connectivity index is 2.04. The van der Waals surface area contributed by atoms with Crippen LogP contribution in [0.25, 0.3) is 0 Å². The van der Waals surface area contributed by atoms with Crippen LogP contribution in [0.2, 0.25) is 0 Å². The molecule has 0 aliphatic carbocycles. The number of carbonyl (C=O) groups is 1. The smallest absolute Gasteiger partial charge is 0.334 e. The second-order valence-corrected chi connectivity index (χ2v) is 3.45. The summed E-state index contributed by atoms with van der Waals surface area (Å²) < 4.78 is 10.8. The van der Waals surface area contributed by atoms with Crippen LogP contribution in [-0.4, -0.2) is 25.4 Å². The van der Waals surface area contributed by atoms with Gasteiger partial charge in [-0.25, -0.2) is 4.79 Å². The Morgan fingerprint density at radius 1 is 1.41 bits per heavy atom. The standard InChI is InChI=1S/C12H13NO4/c1-2-12(14)17-13-8-9-3-4-10-11(7-9)16-6-5-15-10/h3-4,7-8H,2,5-6H2,1H3. The van der Waals surface area contributed by atoms with Gasteiger partial charge >= 0.3 is 5.97 Å². The van der Waals surface area contributed by atoms with E-state index in [-0.39, 0.29) is 5.97 Å². The predicted molar refractivity (Wildman–Crippen MR) is 61.4 cm³/mol. The first-order valence-corrected chi connectivity index (χ1v) is 5.42. The molecule has 1 aromatic rings. The summed E-state index contributed by atoms with van der Waals surface area (Å²) in [5.74, 6) is 1.04. The molecule has 5 nitrogen and oxygen atoms in total. The normalized spacial score (nSPS) is 13.7. The lowest BCUT2D eigenvalue weighted by Gasteiger charge is -2.18. The van der Waals surface area contributed by atoms with Crippen LogP contribution in [0.3, 0.4) is 0 Å². The molecule has 0 aromatic heterocycles. The van der Waals surface area contributed by atoms with Crippen LogP contribution in [0.1, 0.15) is 18.9 Å². The summed E-state index contributed by atoms with van der Waals surface area (Å²) in [5, 5.41) is 3.59. The first-order chi connectivity index (χ1) is 8.29. The Labute approximate surface area is 99.0 Å². The maximum Gasteiger partial charge on any atom is 0.334 e. The van der Waals surface area contributed by atoms with Gasteiger partial charge in [0.1, 0.15) is 13.2 Å². The van der Waals surface area contributed by atoms with Gasteiger partial charge in [0.05, 0.1) is 6.21 Å². The van der Waals surface area contributed by atoms with E-state index in [1.807, 2.05) is 6.07 Å². The van der Waals surface area contributed by atoms with Crippen LogP contribution >= 0.6 is 0 Å². The molecule has 0 saturated heterocycles. The number of fused-ring (bicyclic) bond motifs is 1. The van der Waals surface area contributed by atoms with Gasteiger partial charge in [0.2, 0.25) is 0 Å². The highest BCUT2D eigenvalue weighted by molar-refractivity contribution is 5.81. The third-order valence-electron chi connectivity index (χ3n) is 2.21. The van der Waals surface area contributed by atoms with Gasteiger partial charge in [-0.3, -0.25) is 0 Å². The third kappa shape index (κ3) is 2.96. The summed E-state index contributed by atoms with van der Waals surface area (Å²) in [6, 6.07) is 5.41. The van der Waals surface area contributed by atoms with Crippen LogP contribution in [-0.2, 0) is 9.63 Å². The lowest BCUT2D eigenvalue weighted by atomic mass is 10.2. The second-order valence-electron chi connectivity index (χ2n) is 3.45. The van der Waals surface area contributed by atoms with Crippen molar-refractivity contribution in [3.05, 3.63) is 23.8 Å². The molecule has 0 amide bonds. The number of nitrogens with zero attached hydrogens (tertiary/aromatic N) is 1. The molecule has 5 heteroatoms. The molecule has 1 aliphatic rings. The summed E-state index contributed by atoms with van der Waals surface area (Å²) >= 11 is 0. The van der Waals surface area contributed by atoms with Crippen molar-refractivity contribution in [3.8, 4) is 11.5 Å². The van der Waals surface area contributed by atoms with Gasteiger partial charge in [0.25, 0.3) is 0 Å². The van der Waals surface area contributed by atoms with Crippen molar-refractivity contribution in [1.29, 1.82) is 0 Å². The zero-order valence-corrected chi connectivity index (χ0v) is 9.51. The van der Waals surface area contributed by atoms with E-state index in [0.29, 0.717) is 25.4 Å². The lowest BCUT2D eigenvalue weighted by molar-refractivity contribution is -0.143. The molecule has 2 rings (SSSR count). The van der Waals surface area contributed by atoms with Gasteiger partial charge in [-0.15, -0.1) is 0 Å². The Morgan fingerprint density at radius 2 is 2.18 bits per heavy atom. The van der Waals surface area contributed by atoms with Crippen LogP contribution in [0.4, 0.5) is 0 Å². The minimum absolute atomic E-state index is 0.304. The summed E-state index contributed by atoms with van der Waals surface area (Å²) in [6.45, 7) is 2.81.